The number of hydrogen-bond donors (Lipinski definition) is 1. The van der Waals surface area contributed by atoms with Crippen molar-refractivity contribution in [1.29, 1.82) is 0 Å². The summed E-state index contributed by atoms with van der Waals surface area (Å²) in [7, 11) is 0. The highest BCUT2D eigenvalue weighted by atomic mass is 16.3. The number of para-hydroxylation sites is 1. The monoisotopic (exact) mass is 314 g/mol. The molecule has 1 unspecified atom stereocenters. The van der Waals surface area contributed by atoms with Gasteiger partial charge >= 0.3 is 0 Å². The second kappa shape index (κ2) is 6.36. The van der Waals surface area contributed by atoms with Gasteiger partial charge in [0.05, 0.1) is 6.61 Å². The van der Waals surface area contributed by atoms with Crippen LogP contribution in [-0.4, -0.2) is 40.2 Å². The highest BCUT2D eigenvalue weighted by molar-refractivity contribution is 5.83. The molecule has 0 aliphatic carbocycles. The maximum atomic E-state index is 12.8. The van der Waals surface area contributed by atoms with Crippen molar-refractivity contribution in [3.05, 3.63) is 36.5 Å². The van der Waals surface area contributed by atoms with E-state index in [1.807, 2.05) is 39.9 Å². The number of carbonyl (C=O) groups is 1. The number of nitrogens with zero attached hydrogens (tertiary/aromatic N) is 2. The van der Waals surface area contributed by atoms with Crippen molar-refractivity contribution < 1.29 is 9.90 Å². The van der Waals surface area contributed by atoms with Crippen LogP contribution in [0.15, 0.2) is 36.5 Å². The predicted octanol–water partition coefficient (Wildman–Crippen LogP) is 2.90. The van der Waals surface area contributed by atoms with E-state index in [1.54, 1.807) is 0 Å². The maximum absolute atomic E-state index is 12.8. The van der Waals surface area contributed by atoms with Crippen LogP contribution in [0.4, 0.5) is 0 Å². The topological polar surface area (TPSA) is 45.5 Å². The molecule has 2 heterocycles. The van der Waals surface area contributed by atoms with Crippen molar-refractivity contribution in [3.63, 3.8) is 0 Å². The number of likely N-dealkylation sites (tertiary alicyclic amines) is 1. The number of piperidine rings is 1. The third-order valence-electron chi connectivity index (χ3n) is 5.49. The zero-order valence-electron chi connectivity index (χ0n) is 14.0. The number of benzene rings is 1. The fourth-order valence-electron chi connectivity index (χ4n) is 3.68. The average Bonchev–Trinajstić information content (AvgIpc) is 2.98. The summed E-state index contributed by atoms with van der Waals surface area (Å²) in [4.78, 5) is 14.7. The first-order chi connectivity index (χ1) is 11.1. The van der Waals surface area contributed by atoms with Gasteiger partial charge in [0, 0.05) is 30.2 Å². The Bertz CT molecular complexity index is 691. The number of aromatic nitrogens is 1. The first kappa shape index (κ1) is 16.1. The zero-order chi connectivity index (χ0) is 16.4. The van der Waals surface area contributed by atoms with Crippen LogP contribution >= 0.6 is 0 Å². The van der Waals surface area contributed by atoms with Gasteiger partial charge in [-0.25, -0.2) is 0 Å². The van der Waals surface area contributed by atoms with Gasteiger partial charge in [-0.05, 0) is 36.3 Å². The zero-order valence-corrected chi connectivity index (χ0v) is 14.0. The minimum atomic E-state index is -0.146. The van der Waals surface area contributed by atoms with Gasteiger partial charge < -0.3 is 14.6 Å². The highest BCUT2D eigenvalue weighted by Crippen LogP contribution is 2.36. The van der Waals surface area contributed by atoms with E-state index in [9.17, 15) is 9.90 Å². The number of carbonyl (C=O) groups excluding carboxylic acids is 1. The lowest BCUT2D eigenvalue weighted by Crippen LogP contribution is -2.51. The first-order valence-electron chi connectivity index (χ1n) is 8.48. The van der Waals surface area contributed by atoms with Gasteiger partial charge in [0.25, 0.3) is 0 Å². The van der Waals surface area contributed by atoms with Crippen LogP contribution in [0, 0.1) is 11.3 Å². The highest BCUT2D eigenvalue weighted by Gasteiger charge is 2.39. The molecule has 1 aliphatic heterocycles. The molecule has 1 fully saturated rings. The van der Waals surface area contributed by atoms with Crippen molar-refractivity contribution in [2.45, 2.75) is 33.2 Å². The normalized spacial score (nSPS) is 22.0. The smallest absolute Gasteiger partial charge is 0.242 e. The van der Waals surface area contributed by atoms with E-state index in [4.69, 9.17) is 0 Å². The van der Waals surface area contributed by atoms with E-state index in [0.29, 0.717) is 19.0 Å². The molecule has 4 nitrogen and oxygen atoms in total. The van der Waals surface area contributed by atoms with E-state index in [0.717, 1.165) is 30.3 Å². The molecule has 0 bridgehead atoms. The molecular weight excluding hydrogens is 288 g/mol. The second-order valence-electron chi connectivity index (χ2n) is 7.10. The minimum absolute atomic E-state index is 0.143. The Labute approximate surface area is 137 Å². The van der Waals surface area contributed by atoms with Crippen molar-refractivity contribution in [2.75, 3.05) is 19.7 Å². The number of amides is 1. The van der Waals surface area contributed by atoms with E-state index in [1.165, 1.54) is 0 Å². The Hall–Kier alpha value is -1.81. The molecule has 1 N–H and O–H groups in total. The van der Waals surface area contributed by atoms with Gasteiger partial charge in [-0.3, -0.25) is 4.79 Å². The molecule has 0 radical (unpaired) electrons. The summed E-state index contributed by atoms with van der Waals surface area (Å²) in [6.45, 7) is 6.27. The first-order valence-corrected chi connectivity index (χ1v) is 8.48. The van der Waals surface area contributed by atoms with Crippen molar-refractivity contribution >= 4 is 16.8 Å². The lowest BCUT2D eigenvalue weighted by atomic mass is 9.72. The van der Waals surface area contributed by atoms with Crippen molar-refractivity contribution in [2.24, 2.45) is 11.3 Å². The number of aliphatic hydroxyl groups is 1. The SMILES string of the molecule is CC(C)C1(CO)CCCN(C(=O)Cn2ccc3ccccc32)C1. The maximum Gasteiger partial charge on any atom is 0.242 e. The number of rotatable bonds is 4. The molecular formula is C19H26N2O2. The van der Waals surface area contributed by atoms with Crippen LogP contribution < -0.4 is 0 Å². The quantitative estimate of drug-likeness (QED) is 0.943. The summed E-state index contributed by atoms with van der Waals surface area (Å²) in [6, 6.07) is 10.2. The van der Waals surface area contributed by atoms with Crippen LogP contribution in [0.1, 0.15) is 26.7 Å². The lowest BCUT2D eigenvalue weighted by Gasteiger charge is -2.44. The third-order valence-corrected chi connectivity index (χ3v) is 5.49. The summed E-state index contributed by atoms with van der Waals surface area (Å²) < 4.78 is 2.02. The van der Waals surface area contributed by atoms with Gasteiger partial charge in [-0.1, -0.05) is 32.0 Å². The Morgan fingerprint density at radius 3 is 2.83 bits per heavy atom. The third kappa shape index (κ3) is 3.00. The molecule has 1 aromatic carbocycles. The van der Waals surface area contributed by atoms with Crippen LogP contribution in [0.25, 0.3) is 10.9 Å². The standard InChI is InChI=1S/C19H26N2O2/c1-15(2)19(14-22)9-5-10-21(13-19)18(23)12-20-11-8-16-6-3-4-7-17(16)20/h3-4,6-8,11,15,22H,5,9-10,12-14H2,1-2H3. The molecule has 1 saturated heterocycles. The van der Waals surface area contributed by atoms with Crippen LogP contribution in [-0.2, 0) is 11.3 Å². The number of hydrogen-bond acceptors (Lipinski definition) is 2. The van der Waals surface area contributed by atoms with Gasteiger partial charge in [0.2, 0.25) is 5.91 Å². The van der Waals surface area contributed by atoms with Crippen LogP contribution in [0.5, 0.6) is 0 Å². The van der Waals surface area contributed by atoms with Gasteiger partial charge in [-0.15, -0.1) is 0 Å². The molecule has 124 valence electrons. The van der Waals surface area contributed by atoms with Crippen molar-refractivity contribution in [3.8, 4) is 0 Å². The average molecular weight is 314 g/mol. The summed E-state index contributed by atoms with van der Waals surface area (Å²) in [5, 5.41) is 11.0. The Morgan fingerprint density at radius 2 is 2.09 bits per heavy atom. The largest absolute Gasteiger partial charge is 0.396 e. The number of aliphatic hydroxyl groups excluding tert-OH is 1. The van der Waals surface area contributed by atoms with E-state index < -0.39 is 0 Å². The molecule has 0 saturated carbocycles. The summed E-state index contributed by atoms with van der Waals surface area (Å²) in [5.74, 6) is 0.514. The fourth-order valence-corrected chi connectivity index (χ4v) is 3.68. The summed E-state index contributed by atoms with van der Waals surface area (Å²) in [5.41, 5.74) is 0.947. The van der Waals surface area contributed by atoms with Gasteiger partial charge in [0.1, 0.15) is 6.54 Å². The molecule has 1 aromatic heterocycles. The molecule has 1 atom stereocenters. The summed E-state index contributed by atoms with van der Waals surface area (Å²) in [6.07, 6.45) is 3.95. The summed E-state index contributed by atoms with van der Waals surface area (Å²) >= 11 is 0. The molecule has 3 rings (SSSR count). The molecule has 4 heteroatoms. The van der Waals surface area contributed by atoms with Crippen molar-refractivity contribution in [1.82, 2.24) is 9.47 Å². The molecule has 23 heavy (non-hydrogen) atoms. The van der Waals surface area contributed by atoms with E-state index in [-0.39, 0.29) is 17.9 Å². The molecule has 2 aromatic rings. The molecule has 1 amide bonds. The van der Waals surface area contributed by atoms with Crippen LogP contribution in [0.2, 0.25) is 0 Å². The fraction of sp³-hybridized carbons (Fsp3) is 0.526. The van der Waals surface area contributed by atoms with Gasteiger partial charge in [-0.2, -0.15) is 0 Å². The second-order valence-corrected chi connectivity index (χ2v) is 7.10. The van der Waals surface area contributed by atoms with E-state index in [2.05, 4.69) is 19.9 Å². The van der Waals surface area contributed by atoms with Crippen LogP contribution in [0.3, 0.4) is 0 Å². The Balaban J connectivity index is 1.75. The molecule has 1 aliphatic rings. The Kier molecular flexibility index (Phi) is 4.44. The van der Waals surface area contributed by atoms with Gasteiger partial charge in [0.15, 0.2) is 0 Å². The molecule has 0 spiro atoms. The number of fused-ring (bicyclic) bond motifs is 1. The van der Waals surface area contributed by atoms with E-state index >= 15 is 0 Å². The lowest BCUT2D eigenvalue weighted by molar-refractivity contribution is -0.137. The predicted molar refractivity (Wildman–Crippen MR) is 92.1 cm³/mol. The minimum Gasteiger partial charge on any atom is -0.396 e. The Morgan fingerprint density at radius 1 is 1.30 bits per heavy atom.